The van der Waals surface area contributed by atoms with Crippen molar-refractivity contribution in [2.45, 2.75) is 90.1 Å². The van der Waals surface area contributed by atoms with E-state index in [2.05, 4.69) is 11.9 Å². The molecular weight excluding hydrogens is 422 g/mol. The average molecular weight is 460 g/mol. The maximum Gasteiger partial charge on any atom is 0.306 e. The lowest BCUT2D eigenvalue weighted by molar-refractivity contribution is -0.147. The molecule has 182 valence electrons. The molecule has 7 heteroatoms. The molecule has 3 N–H and O–H groups in total. The lowest BCUT2D eigenvalue weighted by Crippen LogP contribution is -2.24. The van der Waals surface area contributed by atoms with Crippen molar-refractivity contribution in [2.24, 2.45) is 0 Å². The number of oxazole rings is 1. The van der Waals surface area contributed by atoms with E-state index in [4.69, 9.17) is 9.15 Å². The van der Waals surface area contributed by atoms with Gasteiger partial charge in [-0.15, -0.1) is 0 Å². The summed E-state index contributed by atoms with van der Waals surface area (Å²) in [6.07, 6.45) is 4.14. The van der Waals surface area contributed by atoms with Gasteiger partial charge in [0.2, 0.25) is 5.89 Å². The molecule has 0 saturated heterocycles. The normalized spacial score (nSPS) is 14.5. The molecule has 0 amide bonds. The first-order valence-electron chi connectivity index (χ1n) is 11.8. The number of ether oxygens (including phenoxy) is 1. The monoisotopic (exact) mass is 459 g/mol. The van der Waals surface area contributed by atoms with Crippen LogP contribution in [0.4, 0.5) is 0 Å². The molecule has 0 fully saturated rings. The quantitative estimate of drug-likeness (QED) is 0.274. The molecule has 0 spiro atoms. The van der Waals surface area contributed by atoms with Crippen LogP contribution in [0.5, 0.6) is 0 Å². The second-order valence-electron chi connectivity index (χ2n) is 8.49. The van der Waals surface area contributed by atoms with Gasteiger partial charge in [0.15, 0.2) is 5.76 Å². The lowest BCUT2D eigenvalue weighted by Gasteiger charge is -2.14. The smallest absolute Gasteiger partial charge is 0.306 e. The van der Waals surface area contributed by atoms with E-state index < -0.39 is 18.3 Å². The second-order valence-corrected chi connectivity index (χ2v) is 8.49. The van der Waals surface area contributed by atoms with Gasteiger partial charge in [0, 0.05) is 12.0 Å². The Morgan fingerprint density at radius 1 is 1.09 bits per heavy atom. The number of aliphatic hydroxyl groups excluding tert-OH is 3. The molecule has 2 aromatic rings. The van der Waals surface area contributed by atoms with Gasteiger partial charge < -0.3 is 24.5 Å². The van der Waals surface area contributed by atoms with Crippen LogP contribution < -0.4 is 0 Å². The van der Waals surface area contributed by atoms with E-state index in [0.29, 0.717) is 30.2 Å². The van der Waals surface area contributed by atoms with E-state index in [9.17, 15) is 20.1 Å². The summed E-state index contributed by atoms with van der Waals surface area (Å²) in [6.45, 7) is 5.66. The van der Waals surface area contributed by atoms with Gasteiger partial charge in [-0.1, -0.05) is 44.4 Å². The van der Waals surface area contributed by atoms with Crippen molar-refractivity contribution < 1.29 is 29.3 Å². The standard InChI is InChI=1S/C26H37NO6/c1-4-5-7-13-22(30)25-23(33-26(27-25)19-11-8-6-9-12-19)17-16-21(29)20(28)14-10-15-24(31)32-18(2)3/h6,8-9,11-12,16-18,20-22,28-30H,4-5,7,10,13-15H2,1-3H3/b17-16+/t20?,21?,22-/m0/s1. The topological polar surface area (TPSA) is 113 Å². The Morgan fingerprint density at radius 2 is 1.82 bits per heavy atom. The molecule has 33 heavy (non-hydrogen) atoms. The molecule has 0 radical (unpaired) electrons. The van der Waals surface area contributed by atoms with E-state index >= 15 is 0 Å². The van der Waals surface area contributed by atoms with Gasteiger partial charge in [0.05, 0.1) is 24.4 Å². The Kier molecular flexibility index (Phi) is 11.3. The molecule has 0 bridgehead atoms. The first-order chi connectivity index (χ1) is 15.8. The molecule has 1 aromatic carbocycles. The highest BCUT2D eigenvalue weighted by Crippen LogP contribution is 2.29. The van der Waals surface area contributed by atoms with Crippen molar-refractivity contribution in [1.82, 2.24) is 4.98 Å². The Hall–Kier alpha value is -2.48. The van der Waals surface area contributed by atoms with Crippen LogP contribution in [0.15, 0.2) is 40.8 Å². The SMILES string of the molecule is CCCCC[C@H](O)c1nc(-c2ccccc2)oc1/C=C/C(O)C(O)CCCC(=O)OC(C)C. The minimum atomic E-state index is -1.15. The van der Waals surface area contributed by atoms with E-state index in [1.165, 1.54) is 6.08 Å². The number of hydrogen-bond donors (Lipinski definition) is 3. The number of rotatable bonds is 14. The molecule has 7 nitrogen and oxygen atoms in total. The molecular formula is C26H37NO6. The third kappa shape index (κ3) is 9.12. The average Bonchev–Trinajstić information content (AvgIpc) is 3.22. The highest BCUT2D eigenvalue weighted by Gasteiger charge is 2.21. The summed E-state index contributed by atoms with van der Waals surface area (Å²) in [5.74, 6) is 0.419. The fraction of sp³-hybridized carbons (Fsp3) is 0.538. The molecule has 0 saturated carbocycles. The highest BCUT2D eigenvalue weighted by atomic mass is 16.5. The van der Waals surface area contributed by atoms with Gasteiger partial charge >= 0.3 is 5.97 Å². The summed E-state index contributed by atoms with van der Waals surface area (Å²) in [7, 11) is 0. The predicted octanol–water partition coefficient (Wildman–Crippen LogP) is 4.81. The van der Waals surface area contributed by atoms with Crippen molar-refractivity contribution in [2.75, 3.05) is 0 Å². The Bertz CT molecular complexity index is 861. The molecule has 2 rings (SSSR count). The third-order valence-corrected chi connectivity index (χ3v) is 5.19. The summed E-state index contributed by atoms with van der Waals surface area (Å²) >= 11 is 0. The van der Waals surface area contributed by atoms with E-state index in [0.717, 1.165) is 24.8 Å². The van der Waals surface area contributed by atoms with Crippen LogP contribution in [-0.2, 0) is 9.53 Å². The number of carbonyl (C=O) groups excluding carboxylic acids is 1. The molecule has 0 aliphatic heterocycles. The van der Waals surface area contributed by atoms with E-state index in [1.54, 1.807) is 19.9 Å². The second kappa shape index (κ2) is 13.9. The number of esters is 1. The number of unbranched alkanes of at least 4 members (excludes halogenated alkanes) is 2. The molecule has 3 atom stereocenters. The fourth-order valence-electron chi connectivity index (χ4n) is 3.39. The van der Waals surface area contributed by atoms with Crippen LogP contribution >= 0.6 is 0 Å². The van der Waals surface area contributed by atoms with E-state index in [-0.39, 0.29) is 24.9 Å². The van der Waals surface area contributed by atoms with Crippen molar-refractivity contribution in [3.05, 3.63) is 47.9 Å². The van der Waals surface area contributed by atoms with Gasteiger partial charge in [-0.05, 0) is 57.4 Å². The largest absolute Gasteiger partial charge is 0.463 e. The summed E-state index contributed by atoms with van der Waals surface area (Å²) < 4.78 is 11.0. The summed E-state index contributed by atoms with van der Waals surface area (Å²) in [6, 6.07) is 9.39. The Labute approximate surface area is 196 Å². The van der Waals surface area contributed by atoms with Crippen LogP contribution in [0.25, 0.3) is 17.5 Å². The molecule has 1 heterocycles. The van der Waals surface area contributed by atoms with E-state index in [1.807, 2.05) is 30.3 Å². The minimum absolute atomic E-state index is 0.176. The first kappa shape index (κ1) is 26.8. The fourth-order valence-corrected chi connectivity index (χ4v) is 3.39. The lowest BCUT2D eigenvalue weighted by atomic mass is 10.0. The minimum Gasteiger partial charge on any atom is -0.463 e. The van der Waals surface area contributed by atoms with Gasteiger partial charge in [-0.2, -0.15) is 0 Å². The summed E-state index contributed by atoms with van der Waals surface area (Å²) in [4.78, 5) is 16.1. The maximum absolute atomic E-state index is 11.6. The number of hydrogen-bond acceptors (Lipinski definition) is 7. The number of aliphatic hydroxyl groups is 3. The summed E-state index contributed by atoms with van der Waals surface area (Å²) in [5.41, 5.74) is 1.20. The van der Waals surface area contributed by atoms with Gasteiger partial charge in [-0.3, -0.25) is 4.79 Å². The highest BCUT2D eigenvalue weighted by molar-refractivity contribution is 5.69. The van der Waals surface area contributed by atoms with Crippen LogP contribution in [0, 0.1) is 0 Å². The number of aromatic nitrogens is 1. The van der Waals surface area contributed by atoms with Gasteiger partial charge in [-0.25, -0.2) is 4.98 Å². The molecule has 0 aliphatic carbocycles. The number of benzene rings is 1. The van der Waals surface area contributed by atoms with Crippen molar-refractivity contribution >= 4 is 12.0 Å². The van der Waals surface area contributed by atoms with Crippen molar-refractivity contribution in [1.29, 1.82) is 0 Å². The zero-order chi connectivity index (χ0) is 24.2. The molecule has 2 unspecified atom stereocenters. The number of nitrogens with zero attached hydrogens (tertiary/aromatic N) is 1. The predicted molar refractivity (Wildman–Crippen MR) is 127 cm³/mol. The Balaban J connectivity index is 2.06. The van der Waals surface area contributed by atoms with Crippen LogP contribution in [0.2, 0.25) is 0 Å². The zero-order valence-corrected chi connectivity index (χ0v) is 19.8. The zero-order valence-electron chi connectivity index (χ0n) is 19.8. The van der Waals surface area contributed by atoms with Gasteiger partial charge in [0.1, 0.15) is 5.69 Å². The maximum atomic E-state index is 11.6. The number of carbonyl (C=O) groups is 1. The Morgan fingerprint density at radius 3 is 2.48 bits per heavy atom. The molecule has 0 aliphatic rings. The van der Waals surface area contributed by atoms with Crippen LogP contribution in [0.3, 0.4) is 0 Å². The van der Waals surface area contributed by atoms with Crippen molar-refractivity contribution in [3.8, 4) is 11.5 Å². The molecule has 1 aromatic heterocycles. The van der Waals surface area contributed by atoms with Crippen LogP contribution in [0.1, 0.15) is 83.3 Å². The van der Waals surface area contributed by atoms with Crippen LogP contribution in [-0.4, -0.2) is 44.6 Å². The van der Waals surface area contributed by atoms with Gasteiger partial charge in [0.25, 0.3) is 0 Å². The first-order valence-corrected chi connectivity index (χ1v) is 11.8. The third-order valence-electron chi connectivity index (χ3n) is 5.19. The summed E-state index contributed by atoms with van der Waals surface area (Å²) in [5, 5.41) is 31.3. The van der Waals surface area contributed by atoms with Crippen molar-refractivity contribution in [3.63, 3.8) is 0 Å².